The molecule has 2 aromatic carbocycles. The second kappa shape index (κ2) is 9.08. The summed E-state index contributed by atoms with van der Waals surface area (Å²) in [6.45, 7) is 4.08. The second-order valence-electron chi connectivity index (χ2n) is 7.02. The van der Waals surface area contributed by atoms with Crippen molar-refractivity contribution in [2.75, 3.05) is 0 Å². The van der Waals surface area contributed by atoms with E-state index >= 15 is 0 Å². The minimum Gasteiger partial charge on any atom is -0.323 e. The summed E-state index contributed by atoms with van der Waals surface area (Å²) in [6.07, 6.45) is 5.49. The molecule has 7 heteroatoms. The van der Waals surface area contributed by atoms with Gasteiger partial charge in [0, 0.05) is 44.0 Å². The molecule has 0 saturated heterocycles. The first-order valence-corrected chi connectivity index (χ1v) is 11.2. The molecule has 0 bridgehead atoms. The van der Waals surface area contributed by atoms with E-state index in [9.17, 15) is 4.79 Å². The Kier molecular flexibility index (Phi) is 6.25. The van der Waals surface area contributed by atoms with E-state index in [-0.39, 0.29) is 5.91 Å². The topological polar surface area (TPSA) is 51.3 Å². The Morgan fingerprint density at radius 1 is 0.935 bits per heavy atom. The van der Waals surface area contributed by atoms with Gasteiger partial charge in [0.2, 0.25) is 0 Å². The van der Waals surface area contributed by atoms with Crippen LogP contribution in [-0.2, 0) is 0 Å². The molecular weight excluding hydrogens is 520 g/mol. The van der Waals surface area contributed by atoms with Crippen molar-refractivity contribution in [2.45, 2.75) is 13.8 Å². The van der Waals surface area contributed by atoms with Crippen molar-refractivity contribution in [2.24, 2.45) is 5.10 Å². The fourth-order valence-electron chi connectivity index (χ4n) is 3.55. The molecule has 0 saturated carbocycles. The predicted molar refractivity (Wildman–Crippen MR) is 131 cm³/mol. The monoisotopic (exact) mass is 538 g/mol. The van der Waals surface area contributed by atoms with Gasteiger partial charge in [-0.15, -0.1) is 0 Å². The summed E-state index contributed by atoms with van der Waals surface area (Å²) in [5.41, 5.74) is 8.07. The quantitative estimate of drug-likeness (QED) is 0.239. The van der Waals surface area contributed by atoms with Crippen LogP contribution in [0.1, 0.15) is 27.3 Å². The molecule has 0 aliphatic carbocycles. The van der Waals surface area contributed by atoms with Crippen molar-refractivity contribution in [3.8, 4) is 11.4 Å². The van der Waals surface area contributed by atoms with E-state index < -0.39 is 0 Å². The molecule has 0 radical (unpaired) electrons. The van der Waals surface area contributed by atoms with Gasteiger partial charge in [0.1, 0.15) is 0 Å². The van der Waals surface area contributed by atoms with Gasteiger partial charge in [-0.3, -0.25) is 4.79 Å². The van der Waals surface area contributed by atoms with Crippen molar-refractivity contribution >= 4 is 44.0 Å². The average molecular weight is 540 g/mol. The van der Waals surface area contributed by atoms with Crippen LogP contribution in [0.5, 0.6) is 0 Å². The first-order valence-electron chi connectivity index (χ1n) is 9.66. The van der Waals surface area contributed by atoms with Gasteiger partial charge in [-0.25, -0.2) is 5.43 Å². The van der Waals surface area contributed by atoms with E-state index in [0.29, 0.717) is 5.56 Å². The lowest BCUT2D eigenvalue weighted by Crippen LogP contribution is -2.19. The van der Waals surface area contributed by atoms with Gasteiger partial charge < -0.3 is 9.13 Å². The van der Waals surface area contributed by atoms with Crippen LogP contribution in [0.25, 0.3) is 11.4 Å². The first kappa shape index (κ1) is 21.3. The van der Waals surface area contributed by atoms with Gasteiger partial charge in [0.05, 0.1) is 17.5 Å². The fourth-order valence-corrected chi connectivity index (χ4v) is 4.38. The van der Waals surface area contributed by atoms with E-state index in [0.717, 1.165) is 37.3 Å². The summed E-state index contributed by atoms with van der Waals surface area (Å²) in [4.78, 5) is 12.8. The highest BCUT2D eigenvalue weighted by Crippen LogP contribution is 2.30. The van der Waals surface area contributed by atoms with Gasteiger partial charge >= 0.3 is 0 Å². The third-order valence-electron chi connectivity index (χ3n) is 5.09. The first-order chi connectivity index (χ1) is 15.0. The maximum absolute atomic E-state index is 12.8. The Balaban J connectivity index is 1.59. The van der Waals surface area contributed by atoms with E-state index in [1.54, 1.807) is 12.3 Å². The van der Waals surface area contributed by atoms with E-state index in [2.05, 4.69) is 59.1 Å². The molecule has 1 amide bonds. The highest BCUT2D eigenvalue weighted by Gasteiger charge is 2.16. The molecule has 2 aromatic heterocycles. The molecule has 31 heavy (non-hydrogen) atoms. The summed E-state index contributed by atoms with van der Waals surface area (Å²) in [7, 11) is 0. The fraction of sp³-hybridized carbons (Fsp3) is 0.0833. The smallest absolute Gasteiger partial charge is 0.273 e. The summed E-state index contributed by atoms with van der Waals surface area (Å²) < 4.78 is 6.03. The van der Waals surface area contributed by atoms with Gasteiger partial charge in [0.25, 0.3) is 5.91 Å². The van der Waals surface area contributed by atoms with Crippen LogP contribution in [0.4, 0.5) is 0 Å². The van der Waals surface area contributed by atoms with Crippen molar-refractivity contribution < 1.29 is 4.79 Å². The van der Waals surface area contributed by atoms with Crippen LogP contribution < -0.4 is 5.43 Å². The number of carbonyl (C=O) groups excluding carboxylic acids is 1. The number of rotatable bonds is 5. The molecule has 0 fully saturated rings. The highest BCUT2D eigenvalue weighted by atomic mass is 79.9. The zero-order chi connectivity index (χ0) is 22.0. The van der Waals surface area contributed by atoms with Crippen LogP contribution in [-0.4, -0.2) is 21.3 Å². The molecule has 4 rings (SSSR count). The molecule has 0 unspecified atom stereocenters. The number of amides is 1. The Labute approximate surface area is 197 Å². The van der Waals surface area contributed by atoms with E-state index in [1.807, 2.05) is 73.3 Å². The minimum atomic E-state index is -0.265. The van der Waals surface area contributed by atoms with E-state index in [4.69, 9.17) is 0 Å². The minimum absolute atomic E-state index is 0.265. The Hall–Kier alpha value is -2.90. The van der Waals surface area contributed by atoms with E-state index in [1.165, 1.54) is 0 Å². The average Bonchev–Trinajstić information content (AvgIpc) is 3.38. The lowest BCUT2D eigenvalue weighted by atomic mass is 10.1. The molecule has 0 atom stereocenters. The number of benzene rings is 2. The molecule has 4 aromatic rings. The molecule has 0 aliphatic rings. The third-order valence-corrected chi connectivity index (χ3v) is 6.62. The van der Waals surface area contributed by atoms with Gasteiger partial charge in [0.15, 0.2) is 0 Å². The Morgan fingerprint density at radius 2 is 1.61 bits per heavy atom. The molecular formula is C24H20Br2N4O. The Bertz CT molecular complexity index is 1260. The van der Waals surface area contributed by atoms with Crippen LogP contribution in [0.2, 0.25) is 0 Å². The Morgan fingerprint density at radius 3 is 2.32 bits per heavy atom. The van der Waals surface area contributed by atoms with Gasteiger partial charge in [-0.2, -0.15) is 5.10 Å². The number of aromatic nitrogens is 2. The van der Waals surface area contributed by atoms with Crippen molar-refractivity contribution in [1.82, 2.24) is 14.6 Å². The molecule has 156 valence electrons. The number of hydrazone groups is 1. The van der Waals surface area contributed by atoms with Crippen LogP contribution in [0.15, 0.2) is 87.1 Å². The molecule has 2 heterocycles. The third kappa shape index (κ3) is 4.29. The summed E-state index contributed by atoms with van der Waals surface area (Å²) in [5, 5.41) is 4.24. The number of carbonyl (C=O) groups is 1. The van der Waals surface area contributed by atoms with Crippen LogP contribution >= 0.6 is 31.9 Å². The normalized spacial score (nSPS) is 11.2. The number of para-hydroxylation sites is 1. The number of hydrogen-bond acceptors (Lipinski definition) is 2. The predicted octanol–water partition coefficient (Wildman–Crippen LogP) is 6.17. The summed E-state index contributed by atoms with van der Waals surface area (Å²) >= 11 is 7.15. The maximum Gasteiger partial charge on any atom is 0.273 e. The number of nitrogens with zero attached hydrogens (tertiary/aromatic N) is 3. The molecule has 0 aliphatic heterocycles. The SMILES string of the molecule is Cc1c(Br)c(/C=N\NC(=O)c2ccccc2-n2cccc2)c(C)n1-c1ccc(Br)cc1. The lowest BCUT2D eigenvalue weighted by Gasteiger charge is -2.09. The molecule has 5 nitrogen and oxygen atoms in total. The second-order valence-corrected chi connectivity index (χ2v) is 8.73. The zero-order valence-corrected chi connectivity index (χ0v) is 20.2. The van der Waals surface area contributed by atoms with Crippen molar-refractivity contribution in [1.29, 1.82) is 0 Å². The highest BCUT2D eigenvalue weighted by molar-refractivity contribution is 9.10. The van der Waals surface area contributed by atoms with Gasteiger partial charge in [-0.05, 0) is 78.3 Å². The van der Waals surface area contributed by atoms with Crippen LogP contribution in [0, 0.1) is 13.8 Å². The number of hydrogen-bond donors (Lipinski definition) is 1. The van der Waals surface area contributed by atoms with Crippen molar-refractivity contribution in [3.63, 3.8) is 0 Å². The summed E-state index contributed by atoms with van der Waals surface area (Å²) in [5.74, 6) is -0.265. The number of halogens is 2. The summed E-state index contributed by atoms with van der Waals surface area (Å²) in [6, 6.07) is 19.4. The largest absolute Gasteiger partial charge is 0.323 e. The molecule has 0 spiro atoms. The maximum atomic E-state index is 12.8. The van der Waals surface area contributed by atoms with Gasteiger partial charge in [-0.1, -0.05) is 28.1 Å². The number of nitrogens with one attached hydrogen (secondary N) is 1. The zero-order valence-electron chi connectivity index (χ0n) is 17.0. The van der Waals surface area contributed by atoms with Crippen LogP contribution in [0.3, 0.4) is 0 Å². The standard InChI is InChI=1S/C24H20Br2N4O/c1-16-21(23(26)17(2)30(16)19-11-9-18(25)10-12-19)15-27-28-24(31)20-7-3-4-8-22(20)29-13-5-6-14-29/h3-15H,1-2H3,(H,28,31)/b27-15-. The lowest BCUT2D eigenvalue weighted by molar-refractivity contribution is 0.0955. The van der Waals surface area contributed by atoms with Crippen molar-refractivity contribution in [3.05, 3.63) is 105 Å². The molecule has 1 N–H and O–H groups in total.